The molecule has 3 rings (SSSR count). The van der Waals surface area contributed by atoms with Gasteiger partial charge >= 0.3 is 5.97 Å². The van der Waals surface area contributed by atoms with Crippen molar-refractivity contribution in [3.63, 3.8) is 0 Å². The highest BCUT2D eigenvalue weighted by Gasteiger charge is 2.56. The summed E-state index contributed by atoms with van der Waals surface area (Å²) in [5, 5.41) is 10.6. The minimum Gasteiger partial charge on any atom is -0.472 e. The number of allylic oxidation sites excluding steroid dienone is 1. The average Bonchev–Trinajstić information content (AvgIpc) is 3.13. The van der Waals surface area contributed by atoms with Gasteiger partial charge in [-0.25, -0.2) is 0 Å². The van der Waals surface area contributed by atoms with Crippen molar-refractivity contribution < 1.29 is 19.1 Å². The Bertz CT molecular complexity index is 635. The van der Waals surface area contributed by atoms with Crippen LogP contribution < -0.4 is 0 Å². The molecular formula is C22H32O4. The van der Waals surface area contributed by atoms with E-state index in [1.807, 2.05) is 6.07 Å². The topological polar surface area (TPSA) is 59.7 Å². The molecule has 0 spiro atoms. The molecule has 0 radical (unpaired) electrons. The fraction of sp³-hybridized carbons (Fsp3) is 0.682. The van der Waals surface area contributed by atoms with E-state index in [0.717, 1.165) is 44.9 Å². The third-order valence-electron chi connectivity index (χ3n) is 7.07. The highest BCUT2D eigenvalue weighted by atomic mass is 16.5. The van der Waals surface area contributed by atoms with E-state index in [0.29, 0.717) is 18.4 Å². The molecule has 0 aromatic carbocycles. The van der Waals surface area contributed by atoms with Crippen LogP contribution in [0.5, 0.6) is 0 Å². The molecule has 0 aliphatic heterocycles. The lowest BCUT2D eigenvalue weighted by atomic mass is 9.46. The summed E-state index contributed by atoms with van der Waals surface area (Å²) in [4.78, 5) is 11.4. The van der Waals surface area contributed by atoms with Crippen molar-refractivity contribution in [2.75, 3.05) is 13.2 Å². The summed E-state index contributed by atoms with van der Waals surface area (Å²) >= 11 is 0. The Morgan fingerprint density at radius 2 is 2.27 bits per heavy atom. The number of hydrogen-bond acceptors (Lipinski definition) is 4. The Balaban J connectivity index is 1.85. The number of fused-ring (bicyclic) bond motifs is 1. The predicted molar refractivity (Wildman–Crippen MR) is 100 cm³/mol. The smallest absolute Gasteiger partial charge is 0.302 e. The van der Waals surface area contributed by atoms with Crippen LogP contribution in [0.25, 0.3) is 0 Å². The standard InChI is InChI=1S/C22H32O4/c1-16-5-8-20-21(3,15-26-17(2)24)10-4-11-22(20,14-23)19(16)7-6-18-9-12-25-13-18/h9,12-13,19-20,23H,1,4-8,10-11,14-15H2,2-3H3/t19-,20-,21?,22-/m1/s1. The van der Waals surface area contributed by atoms with Crippen LogP contribution in [0.1, 0.15) is 57.9 Å². The van der Waals surface area contributed by atoms with Gasteiger partial charge in [0.1, 0.15) is 0 Å². The molecule has 1 aromatic rings. The summed E-state index contributed by atoms with van der Waals surface area (Å²) in [6, 6.07) is 2.01. The molecule has 2 aliphatic rings. The van der Waals surface area contributed by atoms with E-state index in [4.69, 9.17) is 9.15 Å². The molecule has 2 fully saturated rings. The monoisotopic (exact) mass is 360 g/mol. The Kier molecular flexibility index (Phi) is 5.61. The van der Waals surface area contributed by atoms with E-state index in [9.17, 15) is 9.90 Å². The van der Waals surface area contributed by atoms with Crippen LogP contribution in [-0.2, 0) is 16.0 Å². The molecule has 4 nitrogen and oxygen atoms in total. The van der Waals surface area contributed by atoms with Crippen LogP contribution >= 0.6 is 0 Å². The van der Waals surface area contributed by atoms with Crippen molar-refractivity contribution in [3.8, 4) is 0 Å². The van der Waals surface area contributed by atoms with Gasteiger partial charge in [-0.1, -0.05) is 25.5 Å². The van der Waals surface area contributed by atoms with Crippen molar-refractivity contribution in [1.82, 2.24) is 0 Å². The first-order valence-electron chi connectivity index (χ1n) is 9.84. The van der Waals surface area contributed by atoms with Gasteiger partial charge in [0.25, 0.3) is 0 Å². The van der Waals surface area contributed by atoms with Crippen molar-refractivity contribution in [2.45, 2.75) is 58.8 Å². The van der Waals surface area contributed by atoms with Gasteiger partial charge < -0.3 is 14.3 Å². The Hall–Kier alpha value is -1.55. The number of hydrogen-bond donors (Lipinski definition) is 1. The predicted octanol–water partition coefficient (Wildman–Crippen LogP) is 4.53. The molecule has 4 atom stereocenters. The second kappa shape index (κ2) is 7.59. The fourth-order valence-corrected chi connectivity index (χ4v) is 5.80. The SMILES string of the molecule is C=C1CC[C@@H]2C(C)(COC(C)=O)CCC[C@@]2(CO)[C@@H]1CCc1ccoc1. The van der Waals surface area contributed by atoms with Crippen molar-refractivity contribution >= 4 is 5.97 Å². The molecule has 1 unspecified atom stereocenters. The lowest BCUT2D eigenvalue weighted by Crippen LogP contribution is -2.55. The van der Waals surface area contributed by atoms with Gasteiger partial charge in [-0.3, -0.25) is 4.79 Å². The number of esters is 1. The first-order valence-corrected chi connectivity index (χ1v) is 9.84. The summed E-state index contributed by atoms with van der Waals surface area (Å²) in [6.45, 7) is 8.73. The first-order chi connectivity index (χ1) is 12.4. The number of aliphatic hydroxyl groups is 1. The van der Waals surface area contributed by atoms with Crippen LogP contribution in [0, 0.1) is 22.7 Å². The number of aryl methyl sites for hydroxylation is 1. The quantitative estimate of drug-likeness (QED) is 0.598. The number of rotatable bonds is 6. The van der Waals surface area contributed by atoms with E-state index in [1.165, 1.54) is 18.1 Å². The number of carbonyl (C=O) groups is 1. The maximum atomic E-state index is 11.4. The van der Waals surface area contributed by atoms with Crippen LogP contribution in [0.4, 0.5) is 0 Å². The third kappa shape index (κ3) is 3.48. The van der Waals surface area contributed by atoms with Crippen LogP contribution in [-0.4, -0.2) is 24.3 Å². The summed E-state index contributed by atoms with van der Waals surface area (Å²) in [7, 11) is 0. The number of ether oxygens (including phenoxy) is 1. The normalized spacial score (nSPS) is 34.3. The molecular weight excluding hydrogens is 328 g/mol. The molecule has 1 N–H and O–H groups in total. The summed E-state index contributed by atoms with van der Waals surface area (Å²) in [6.07, 6.45) is 10.6. The fourth-order valence-electron chi connectivity index (χ4n) is 5.80. The van der Waals surface area contributed by atoms with Crippen molar-refractivity contribution in [2.24, 2.45) is 22.7 Å². The van der Waals surface area contributed by atoms with E-state index in [-0.39, 0.29) is 23.4 Å². The molecule has 1 heterocycles. The number of carbonyl (C=O) groups excluding carboxylic acids is 1. The van der Waals surface area contributed by atoms with Gasteiger partial charge in [0.15, 0.2) is 0 Å². The van der Waals surface area contributed by atoms with Crippen LogP contribution in [0.15, 0.2) is 35.2 Å². The highest BCUT2D eigenvalue weighted by Crippen LogP contribution is 2.61. The van der Waals surface area contributed by atoms with Gasteiger partial charge in [0.2, 0.25) is 0 Å². The minimum absolute atomic E-state index is 0.0682. The molecule has 0 amide bonds. The zero-order valence-electron chi connectivity index (χ0n) is 16.1. The van der Waals surface area contributed by atoms with E-state index >= 15 is 0 Å². The summed E-state index contributed by atoms with van der Waals surface area (Å²) < 4.78 is 10.7. The van der Waals surface area contributed by atoms with E-state index in [2.05, 4.69) is 13.5 Å². The summed E-state index contributed by atoms with van der Waals surface area (Å²) in [5.74, 6) is 0.439. The van der Waals surface area contributed by atoms with Crippen molar-refractivity contribution in [1.29, 1.82) is 0 Å². The second-order valence-electron chi connectivity index (χ2n) is 8.65. The maximum Gasteiger partial charge on any atom is 0.302 e. The lowest BCUT2D eigenvalue weighted by molar-refractivity contribution is -0.157. The zero-order chi connectivity index (χ0) is 18.8. The number of furan rings is 1. The Morgan fingerprint density at radius 1 is 1.46 bits per heavy atom. The molecule has 26 heavy (non-hydrogen) atoms. The molecule has 2 saturated carbocycles. The van der Waals surface area contributed by atoms with Gasteiger partial charge in [-0.05, 0) is 62.0 Å². The van der Waals surface area contributed by atoms with E-state index < -0.39 is 0 Å². The van der Waals surface area contributed by atoms with Gasteiger partial charge in [-0.15, -0.1) is 0 Å². The molecule has 4 heteroatoms. The number of aliphatic hydroxyl groups excluding tert-OH is 1. The molecule has 0 saturated heterocycles. The molecule has 2 aliphatic carbocycles. The first kappa shape index (κ1) is 19.2. The Labute approximate surface area is 156 Å². The largest absolute Gasteiger partial charge is 0.472 e. The minimum atomic E-state index is -0.219. The van der Waals surface area contributed by atoms with Crippen molar-refractivity contribution in [3.05, 3.63) is 36.3 Å². The third-order valence-corrected chi connectivity index (χ3v) is 7.07. The van der Waals surface area contributed by atoms with E-state index in [1.54, 1.807) is 12.5 Å². The maximum absolute atomic E-state index is 11.4. The van der Waals surface area contributed by atoms with Gasteiger partial charge in [-0.2, -0.15) is 0 Å². The lowest BCUT2D eigenvalue weighted by Gasteiger charge is -2.59. The van der Waals surface area contributed by atoms with Gasteiger partial charge in [0, 0.05) is 24.4 Å². The molecule has 1 aromatic heterocycles. The van der Waals surface area contributed by atoms with Crippen LogP contribution in [0.3, 0.4) is 0 Å². The van der Waals surface area contributed by atoms with Crippen LogP contribution in [0.2, 0.25) is 0 Å². The van der Waals surface area contributed by atoms with Gasteiger partial charge in [0.05, 0.1) is 19.1 Å². The average molecular weight is 360 g/mol. The highest BCUT2D eigenvalue weighted by molar-refractivity contribution is 5.65. The summed E-state index contributed by atoms with van der Waals surface area (Å²) in [5.41, 5.74) is 2.26. The second-order valence-corrected chi connectivity index (χ2v) is 8.65. The zero-order valence-corrected chi connectivity index (χ0v) is 16.1. The molecule has 144 valence electrons. The Morgan fingerprint density at radius 3 is 2.92 bits per heavy atom. The molecule has 0 bridgehead atoms.